The van der Waals surface area contributed by atoms with Gasteiger partial charge in [-0.25, -0.2) is 9.97 Å². The molecule has 1 amide bonds. The van der Waals surface area contributed by atoms with Gasteiger partial charge in [-0.3, -0.25) is 4.79 Å². The Morgan fingerprint density at radius 2 is 2.17 bits per heavy atom. The third-order valence-electron chi connectivity index (χ3n) is 3.49. The summed E-state index contributed by atoms with van der Waals surface area (Å²) in [5.41, 5.74) is 5.94. The van der Waals surface area contributed by atoms with Crippen LogP contribution in [-0.4, -0.2) is 45.4 Å². The molecule has 1 aromatic heterocycles. The van der Waals surface area contributed by atoms with Gasteiger partial charge in [-0.05, 0) is 25.5 Å². The molecule has 1 aliphatic carbocycles. The molecular weight excluding hydrogens is 248 g/mol. The Morgan fingerprint density at radius 3 is 2.78 bits per heavy atom. The van der Waals surface area contributed by atoms with Crippen LogP contribution in [0.2, 0.25) is 0 Å². The molecule has 2 unspecified atom stereocenters. The van der Waals surface area contributed by atoms with Crippen LogP contribution in [-0.2, 0) is 0 Å². The first kappa shape index (κ1) is 13.1. The molecule has 5 nitrogen and oxygen atoms in total. The lowest BCUT2D eigenvalue weighted by Crippen LogP contribution is -2.36. The van der Waals surface area contributed by atoms with Gasteiger partial charge in [0.2, 0.25) is 0 Å². The summed E-state index contributed by atoms with van der Waals surface area (Å²) in [6, 6.07) is 0.288. The number of hydrogen-bond donors (Lipinski definition) is 1. The van der Waals surface area contributed by atoms with E-state index < -0.39 is 0 Å². The summed E-state index contributed by atoms with van der Waals surface area (Å²) < 4.78 is 0. The van der Waals surface area contributed by atoms with Crippen LogP contribution in [0.1, 0.15) is 29.8 Å². The Kier molecular flexibility index (Phi) is 4.06. The Bertz CT molecular complexity index is 440. The molecule has 2 atom stereocenters. The minimum Gasteiger partial charge on any atom is -0.382 e. The first-order chi connectivity index (χ1) is 8.63. The Hall–Kier alpha value is -1.30. The molecule has 2 rings (SSSR count). The number of carbonyl (C=O) groups is 1. The molecule has 6 heteroatoms. The molecule has 0 radical (unpaired) electrons. The number of nitrogens with zero attached hydrogens (tertiary/aromatic N) is 3. The number of anilines is 1. The van der Waals surface area contributed by atoms with Gasteiger partial charge in [-0.15, -0.1) is 0 Å². The van der Waals surface area contributed by atoms with Gasteiger partial charge in [0.1, 0.15) is 0 Å². The van der Waals surface area contributed by atoms with E-state index in [1.807, 2.05) is 18.8 Å². The molecule has 0 bridgehead atoms. The van der Waals surface area contributed by atoms with Crippen molar-refractivity contribution in [3.8, 4) is 0 Å². The zero-order chi connectivity index (χ0) is 13.1. The summed E-state index contributed by atoms with van der Waals surface area (Å²) in [5.74, 6) is 0.0705. The van der Waals surface area contributed by atoms with Crippen LogP contribution in [0.4, 0.5) is 5.82 Å². The average Bonchev–Trinajstić information content (AvgIpc) is 2.86. The highest BCUT2D eigenvalue weighted by molar-refractivity contribution is 7.99. The van der Waals surface area contributed by atoms with Gasteiger partial charge in [0.15, 0.2) is 11.5 Å². The second-order valence-corrected chi connectivity index (χ2v) is 5.67. The van der Waals surface area contributed by atoms with Crippen LogP contribution in [0.5, 0.6) is 0 Å². The van der Waals surface area contributed by atoms with Crippen molar-refractivity contribution >= 4 is 23.5 Å². The third kappa shape index (κ3) is 2.58. The maximum absolute atomic E-state index is 12.3. The van der Waals surface area contributed by atoms with Crippen molar-refractivity contribution in [1.29, 1.82) is 0 Å². The predicted molar refractivity (Wildman–Crippen MR) is 73.5 cm³/mol. The normalized spacial score (nSPS) is 23.0. The van der Waals surface area contributed by atoms with Gasteiger partial charge >= 0.3 is 0 Å². The molecule has 98 valence electrons. The number of carbonyl (C=O) groups excluding carboxylic acids is 1. The lowest BCUT2D eigenvalue weighted by Gasteiger charge is -2.24. The van der Waals surface area contributed by atoms with E-state index in [-0.39, 0.29) is 23.5 Å². The number of nitrogen functional groups attached to an aromatic ring is 1. The quantitative estimate of drug-likeness (QED) is 0.895. The van der Waals surface area contributed by atoms with E-state index in [4.69, 9.17) is 5.73 Å². The molecule has 2 N–H and O–H groups in total. The minimum atomic E-state index is -0.132. The van der Waals surface area contributed by atoms with Crippen molar-refractivity contribution < 1.29 is 4.79 Å². The molecule has 1 aliphatic rings. The lowest BCUT2D eigenvalue weighted by atomic mass is 10.2. The molecule has 0 saturated heterocycles. The maximum atomic E-state index is 12.3. The molecule has 0 aromatic carbocycles. The minimum absolute atomic E-state index is 0.132. The summed E-state index contributed by atoms with van der Waals surface area (Å²) in [5, 5.41) is 0.657. The largest absolute Gasteiger partial charge is 0.382 e. The highest BCUT2D eigenvalue weighted by atomic mass is 32.2. The molecule has 1 saturated carbocycles. The number of hydrogen-bond acceptors (Lipinski definition) is 5. The summed E-state index contributed by atoms with van der Waals surface area (Å²) in [6.07, 6.45) is 8.37. The predicted octanol–water partition coefficient (Wildman–Crippen LogP) is 1.41. The number of aromatic nitrogens is 2. The van der Waals surface area contributed by atoms with Gasteiger partial charge in [0, 0.05) is 30.7 Å². The summed E-state index contributed by atoms with van der Waals surface area (Å²) in [7, 11) is 1.82. The van der Waals surface area contributed by atoms with E-state index in [0.717, 1.165) is 12.8 Å². The first-order valence-corrected chi connectivity index (χ1v) is 7.28. The van der Waals surface area contributed by atoms with Gasteiger partial charge in [-0.1, -0.05) is 0 Å². The fraction of sp³-hybridized carbons (Fsp3) is 0.583. The average molecular weight is 266 g/mol. The highest BCUT2D eigenvalue weighted by Gasteiger charge is 2.30. The summed E-state index contributed by atoms with van der Waals surface area (Å²) in [6.45, 7) is 0. The van der Waals surface area contributed by atoms with Crippen LogP contribution in [0.25, 0.3) is 0 Å². The van der Waals surface area contributed by atoms with Crippen molar-refractivity contribution in [3.05, 3.63) is 18.1 Å². The lowest BCUT2D eigenvalue weighted by molar-refractivity contribution is 0.0730. The van der Waals surface area contributed by atoms with Gasteiger partial charge in [0.25, 0.3) is 5.91 Å². The smallest absolute Gasteiger partial charge is 0.276 e. The molecule has 0 aliphatic heterocycles. The van der Waals surface area contributed by atoms with E-state index >= 15 is 0 Å². The van der Waals surface area contributed by atoms with Gasteiger partial charge in [0.05, 0.1) is 0 Å². The second kappa shape index (κ2) is 5.56. The number of rotatable bonds is 3. The van der Waals surface area contributed by atoms with Crippen LogP contribution in [0.15, 0.2) is 12.4 Å². The van der Waals surface area contributed by atoms with Crippen molar-refractivity contribution in [2.75, 3.05) is 19.0 Å². The summed E-state index contributed by atoms with van der Waals surface area (Å²) in [4.78, 5) is 22.0. The zero-order valence-corrected chi connectivity index (χ0v) is 11.5. The molecule has 0 spiro atoms. The maximum Gasteiger partial charge on any atom is 0.276 e. The Balaban J connectivity index is 2.08. The number of nitrogens with two attached hydrogens (primary N) is 1. The van der Waals surface area contributed by atoms with E-state index in [0.29, 0.717) is 5.25 Å². The fourth-order valence-electron chi connectivity index (χ4n) is 2.33. The second-order valence-electron chi connectivity index (χ2n) is 4.53. The topological polar surface area (TPSA) is 72.1 Å². The fourth-order valence-corrected chi connectivity index (χ4v) is 3.12. The highest BCUT2D eigenvalue weighted by Crippen LogP contribution is 2.31. The molecule has 1 aromatic rings. The Morgan fingerprint density at radius 1 is 1.44 bits per heavy atom. The van der Waals surface area contributed by atoms with Crippen LogP contribution >= 0.6 is 11.8 Å². The Labute approximate surface area is 111 Å². The standard InChI is InChI=1S/C12H18N4OS/c1-16(8-3-4-9(7-8)18-2)12(17)10-11(13)15-6-5-14-10/h5-6,8-9H,3-4,7H2,1-2H3,(H2,13,15). The van der Waals surface area contributed by atoms with Gasteiger partial charge in [-0.2, -0.15) is 11.8 Å². The van der Waals surface area contributed by atoms with Crippen molar-refractivity contribution in [2.45, 2.75) is 30.6 Å². The first-order valence-electron chi connectivity index (χ1n) is 6.00. The zero-order valence-electron chi connectivity index (χ0n) is 10.7. The molecule has 1 fully saturated rings. The van der Waals surface area contributed by atoms with Crippen molar-refractivity contribution in [1.82, 2.24) is 14.9 Å². The van der Waals surface area contributed by atoms with E-state index in [2.05, 4.69) is 16.2 Å². The SMILES string of the molecule is CSC1CCC(N(C)C(=O)c2nccnc2N)C1. The molecule has 1 heterocycles. The van der Waals surface area contributed by atoms with E-state index in [1.54, 1.807) is 4.90 Å². The van der Waals surface area contributed by atoms with Crippen LogP contribution in [0.3, 0.4) is 0 Å². The van der Waals surface area contributed by atoms with Gasteiger partial charge < -0.3 is 10.6 Å². The third-order valence-corrected chi connectivity index (χ3v) is 4.58. The molecule has 18 heavy (non-hydrogen) atoms. The monoisotopic (exact) mass is 266 g/mol. The van der Waals surface area contributed by atoms with Crippen LogP contribution < -0.4 is 5.73 Å². The number of amides is 1. The van der Waals surface area contributed by atoms with Crippen molar-refractivity contribution in [2.24, 2.45) is 0 Å². The van der Waals surface area contributed by atoms with E-state index in [9.17, 15) is 4.79 Å². The molecular formula is C12H18N4OS. The van der Waals surface area contributed by atoms with E-state index in [1.165, 1.54) is 18.8 Å². The van der Waals surface area contributed by atoms with Crippen LogP contribution in [0, 0.1) is 0 Å². The number of thioether (sulfide) groups is 1. The van der Waals surface area contributed by atoms with Crippen molar-refractivity contribution in [3.63, 3.8) is 0 Å². The summed E-state index contributed by atoms with van der Waals surface area (Å²) >= 11 is 1.87.